The van der Waals surface area contributed by atoms with Gasteiger partial charge in [-0.15, -0.1) is 0 Å². The molecular formula is C20H24N2O7S. The molecule has 0 aliphatic heterocycles. The summed E-state index contributed by atoms with van der Waals surface area (Å²) in [6.07, 6.45) is 0.998. The van der Waals surface area contributed by atoms with E-state index in [0.717, 1.165) is 10.6 Å². The number of methoxy groups -OCH3 is 2. The highest BCUT2D eigenvalue weighted by atomic mass is 32.2. The van der Waals surface area contributed by atoms with Crippen LogP contribution in [0.3, 0.4) is 0 Å². The molecule has 0 atom stereocenters. The monoisotopic (exact) mass is 436 g/mol. The number of hydrogen-bond donors (Lipinski definition) is 1. The van der Waals surface area contributed by atoms with Gasteiger partial charge in [-0.05, 0) is 43.3 Å². The van der Waals surface area contributed by atoms with Crippen LogP contribution in [0, 0.1) is 0 Å². The average Bonchev–Trinajstić information content (AvgIpc) is 2.71. The Hall–Kier alpha value is -3.27. The van der Waals surface area contributed by atoms with Gasteiger partial charge in [-0.3, -0.25) is 9.10 Å². The lowest BCUT2D eigenvalue weighted by molar-refractivity contribution is -0.114. The molecule has 30 heavy (non-hydrogen) atoms. The van der Waals surface area contributed by atoms with E-state index in [1.807, 2.05) is 0 Å². The summed E-state index contributed by atoms with van der Waals surface area (Å²) in [6.45, 7) is 1.49. The maximum Gasteiger partial charge on any atom is 0.338 e. The number of ether oxygens (including phenoxy) is 3. The molecule has 1 N–H and O–H groups in total. The summed E-state index contributed by atoms with van der Waals surface area (Å²) < 4.78 is 40.9. The lowest BCUT2D eigenvalue weighted by Gasteiger charge is -2.24. The lowest BCUT2D eigenvalue weighted by Crippen LogP contribution is -2.37. The predicted molar refractivity (Wildman–Crippen MR) is 113 cm³/mol. The van der Waals surface area contributed by atoms with Gasteiger partial charge in [0.05, 0.1) is 38.3 Å². The van der Waals surface area contributed by atoms with Gasteiger partial charge < -0.3 is 19.5 Å². The normalized spacial score (nSPS) is 10.8. The van der Waals surface area contributed by atoms with Crippen molar-refractivity contribution in [2.45, 2.75) is 6.92 Å². The standard InChI is InChI=1S/C20H24N2O7S/c1-5-29-20(24)14-6-8-15(9-7-14)21-19(23)13-22(30(4,25)26)17-11-10-16(27-2)12-18(17)28-3/h6-12H,5,13H2,1-4H3,(H,21,23). The van der Waals surface area contributed by atoms with E-state index in [9.17, 15) is 18.0 Å². The molecule has 0 saturated carbocycles. The van der Waals surface area contributed by atoms with E-state index >= 15 is 0 Å². The Labute approximate surface area is 175 Å². The number of hydrogen-bond acceptors (Lipinski definition) is 7. The number of nitrogens with zero attached hydrogens (tertiary/aromatic N) is 1. The fraction of sp³-hybridized carbons (Fsp3) is 0.300. The minimum Gasteiger partial charge on any atom is -0.497 e. The SMILES string of the molecule is CCOC(=O)c1ccc(NC(=O)CN(c2ccc(OC)cc2OC)S(C)(=O)=O)cc1. The number of amides is 1. The van der Waals surface area contributed by atoms with E-state index in [-0.39, 0.29) is 18.0 Å². The summed E-state index contributed by atoms with van der Waals surface area (Å²) in [7, 11) is -0.923. The molecular weight excluding hydrogens is 412 g/mol. The first-order chi connectivity index (χ1) is 14.2. The molecule has 2 rings (SSSR count). The second-order valence-corrected chi connectivity index (χ2v) is 8.06. The van der Waals surface area contributed by atoms with Crippen LogP contribution in [0.5, 0.6) is 11.5 Å². The van der Waals surface area contributed by atoms with Gasteiger partial charge in [0, 0.05) is 11.8 Å². The fourth-order valence-electron chi connectivity index (χ4n) is 2.61. The summed E-state index contributed by atoms with van der Waals surface area (Å²) >= 11 is 0. The van der Waals surface area contributed by atoms with Crippen molar-refractivity contribution in [3.05, 3.63) is 48.0 Å². The number of anilines is 2. The van der Waals surface area contributed by atoms with Crippen LogP contribution in [-0.2, 0) is 19.6 Å². The Morgan fingerprint density at radius 1 is 1.03 bits per heavy atom. The molecule has 0 radical (unpaired) electrons. The summed E-state index contributed by atoms with van der Waals surface area (Å²) in [5.74, 6) is -0.311. The van der Waals surface area contributed by atoms with Crippen LogP contribution in [0.15, 0.2) is 42.5 Å². The Balaban J connectivity index is 2.20. The number of nitrogens with one attached hydrogen (secondary N) is 1. The molecule has 0 unspecified atom stereocenters. The number of benzene rings is 2. The van der Waals surface area contributed by atoms with Crippen molar-refractivity contribution in [2.75, 3.05) is 43.2 Å². The Morgan fingerprint density at radius 3 is 2.23 bits per heavy atom. The molecule has 2 aromatic carbocycles. The zero-order chi connectivity index (χ0) is 22.3. The topological polar surface area (TPSA) is 111 Å². The highest BCUT2D eigenvalue weighted by Crippen LogP contribution is 2.33. The molecule has 0 aliphatic carbocycles. The third-order valence-electron chi connectivity index (χ3n) is 4.02. The molecule has 0 fully saturated rings. The summed E-state index contributed by atoms with van der Waals surface area (Å²) in [4.78, 5) is 24.2. The summed E-state index contributed by atoms with van der Waals surface area (Å²) in [5, 5.41) is 2.61. The molecule has 0 spiro atoms. The van der Waals surface area contributed by atoms with Gasteiger partial charge in [-0.1, -0.05) is 0 Å². The lowest BCUT2D eigenvalue weighted by atomic mass is 10.2. The van der Waals surface area contributed by atoms with E-state index in [2.05, 4.69) is 5.32 Å². The van der Waals surface area contributed by atoms with Gasteiger partial charge >= 0.3 is 5.97 Å². The van der Waals surface area contributed by atoms with Crippen LogP contribution >= 0.6 is 0 Å². The minimum atomic E-state index is -3.79. The van der Waals surface area contributed by atoms with Crippen LogP contribution in [0.1, 0.15) is 17.3 Å². The largest absolute Gasteiger partial charge is 0.497 e. The van der Waals surface area contributed by atoms with Crippen molar-refractivity contribution in [1.82, 2.24) is 0 Å². The van der Waals surface area contributed by atoms with Crippen LogP contribution in [0.25, 0.3) is 0 Å². The first-order valence-electron chi connectivity index (χ1n) is 8.96. The Kier molecular flexibility index (Phi) is 7.65. The molecule has 0 bridgehead atoms. The first-order valence-corrected chi connectivity index (χ1v) is 10.8. The smallest absolute Gasteiger partial charge is 0.338 e. The van der Waals surface area contributed by atoms with E-state index < -0.39 is 28.4 Å². The zero-order valence-corrected chi connectivity index (χ0v) is 18.0. The van der Waals surface area contributed by atoms with Crippen LogP contribution in [0.2, 0.25) is 0 Å². The van der Waals surface area contributed by atoms with Crippen molar-refractivity contribution in [3.8, 4) is 11.5 Å². The van der Waals surface area contributed by atoms with Crippen molar-refractivity contribution in [2.24, 2.45) is 0 Å². The van der Waals surface area contributed by atoms with Gasteiger partial charge in [0.25, 0.3) is 0 Å². The predicted octanol–water partition coefficient (Wildman–Crippen LogP) is 2.29. The quantitative estimate of drug-likeness (QED) is 0.600. The first kappa shape index (κ1) is 23.0. The minimum absolute atomic E-state index is 0.202. The van der Waals surface area contributed by atoms with Gasteiger partial charge in [0.15, 0.2) is 0 Å². The van der Waals surface area contributed by atoms with Crippen LogP contribution in [-0.4, -0.2) is 53.9 Å². The van der Waals surface area contributed by atoms with Gasteiger partial charge in [0.1, 0.15) is 18.0 Å². The zero-order valence-electron chi connectivity index (χ0n) is 17.2. The third kappa shape index (κ3) is 5.86. The number of carbonyl (C=O) groups excluding carboxylic acids is 2. The molecule has 9 nitrogen and oxygen atoms in total. The Morgan fingerprint density at radius 2 is 1.70 bits per heavy atom. The molecule has 10 heteroatoms. The van der Waals surface area contributed by atoms with Gasteiger partial charge in [-0.25, -0.2) is 13.2 Å². The molecule has 0 aromatic heterocycles. The highest BCUT2D eigenvalue weighted by molar-refractivity contribution is 7.92. The van der Waals surface area contributed by atoms with E-state index in [0.29, 0.717) is 17.0 Å². The Bertz CT molecular complexity index is 1000. The number of carbonyl (C=O) groups is 2. The second kappa shape index (κ2) is 9.97. The van der Waals surface area contributed by atoms with Gasteiger partial charge in [-0.2, -0.15) is 0 Å². The highest BCUT2D eigenvalue weighted by Gasteiger charge is 2.24. The maximum atomic E-state index is 12.5. The summed E-state index contributed by atoms with van der Waals surface area (Å²) in [5.41, 5.74) is 0.951. The van der Waals surface area contributed by atoms with Crippen LogP contribution in [0.4, 0.5) is 11.4 Å². The number of rotatable bonds is 9. The molecule has 1 amide bonds. The van der Waals surface area contributed by atoms with Crippen molar-refractivity contribution < 1.29 is 32.2 Å². The van der Waals surface area contributed by atoms with E-state index in [4.69, 9.17) is 14.2 Å². The van der Waals surface area contributed by atoms with Crippen LogP contribution < -0.4 is 19.1 Å². The summed E-state index contributed by atoms with van der Waals surface area (Å²) in [6, 6.07) is 10.7. The molecule has 0 heterocycles. The van der Waals surface area contributed by atoms with E-state index in [1.165, 1.54) is 50.6 Å². The molecule has 2 aromatic rings. The third-order valence-corrected chi connectivity index (χ3v) is 5.15. The fourth-order valence-corrected chi connectivity index (χ4v) is 3.47. The average molecular weight is 436 g/mol. The van der Waals surface area contributed by atoms with Crippen molar-refractivity contribution >= 4 is 33.3 Å². The molecule has 162 valence electrons. The number of sulfonamides is 1. The number of esters is 1. The maximum absolute atomic E-state index is 12.5. The van der Waals surface area contributed by atoms with Gasteiger partial charge in [0.2, 0.25) is 15.9 Å². The van der Waals surface area contributed by atoms with Crippen molar-refractivity contribution in [3.63, 3.8) is 0 Å². The molecule has 0 saturated heterocycles. The second-order valence-electron chi connectivity index (χ2n) is 6.15. The van der Waals surface area contributed by atoms with Crippen molar-refractivity contribution in [1.29, 1.82) is 0 Å². The van der Waals surface area contributed by atoms with E-state index in [1.54, 1.807) is 13.0 Å². The molecule has 0 aliphatic rings.